The number of allylic oxidation sites excluding steroid dienone is 1. The summed E-state index contributed by atoms with van der Waals surface area (Å²) in [6, 6.07) is 3.87. The van der Waals surface area contributed by atoms with Crippen molar-refractivity contribution >= 4 is 23.2 Å². The van der Waals surface area contributed by atoms with Crippen LogP contribution >= 0.6 is 0 Å². The number of nitro groups is 1. The first-order valence-corrected chi connectivity index (χ1v) is 11.0. The molecule has 0 amide bonds. The maximum atomic E-state index is 11.6. The lowest BCUT2D eigenvalue weighted by atomic mass is 9.98. The summed E-state index contributed by atoms with van der Waals surface area (Å²) in [5.74, 6) is 0.248. The molecular weight excluding hydrogens is 396 g/mol. The van der Waals surface area contributed by atoms with Gasteiger partial charge in [-0.1, -0.05) is 0 Å². The minimum absolute atomic E-state index is 0.0854. The predicted octanol–water partition coefficient (Wildman–Crippen LogP) is 2.42. The van der Waals surface area contributed by atoms with E-state index in [-0.39, 0.29) is 11.4 Å². The number of rotatable bonds is 8. The number of nitro benzene ring substituents is 1. The van der Waals surface area contributed by atoms with Gasteiger partial charge in [-0.3, -0.25) is 15.0 Å². The summed E-state index contributed by atoms with van der Waals surface area (Å²) in [6.45, 7) is 8.88. The molecule has 2 N–H and O–H groups in total. The molecule has 1 aromatic rings. The van der Waals surface area contributed by atoms with E-state index in [1.807, 2.05) is 6.92 Å². The van der Waals surface area contributed by atoms with Crippen molar-refractivity contribution < 1.29 is 9.66 Å². The van der Waals surface area contributed by atoms with E-state index in [0.717, 1.165) is 57.8 Å². The van der Waals surface area contributed by atoms with Crippen molar-refractivity contribution in [2.75, 3.05) is 64.9 Å². The molecule has 1 aromatic carbocycles. The molecule has 9 heteroatoms. The summed E-state index contributed by atoms with van der Waals surface area (Å²) in [5, 5.41) is 22.6. The van der Waals surface area contributed by atoms with E-state index in [1.165, 1.54) is 19.4 Å². The smallest absolute Gasteiger partial charge is 0.311 e. The van der Waals surface area contributed by atoms with Gasteiger partial charge in [-0.2, -0.15) is 0 Å². The zero-order valence-corrected chi connectivity index (χ0v) is 18.8. The summed E-state index contributed by atoms with van der Waals surface area (Å²) in [6.07, 6.45) is 5.10. The van der Waals surface area contributed by atoms with Gasteiger partial charge in [0.05, 0.1) is 12.0 Å². The number of piperazine rings is 1. The molecule has 0 atom stereocenters. The fraction of sp³-hybridized carbons (Fsp3) is 0.591. The molecule has 2 aliphatic rings. The van der Waals surface area contributed by atoms with E-state index < -0.39 is 4.92 Å². The largest absolute Gasteiger partial charge is 0.490 e. The Balaban J connectivity index is 1.87. The Bertz CT molecular complexity index is 812. The maximum absolute atomic E-state index is 11.6. The van der Waals surface area contributed by atoms with Crippen LogP contribution in [0.1, 0.15) is 25.3 Å². The van der Waals surface area contributed by atoms with E-state index in [1.54, 1.807) is 12.3 Å². The average molecular weight is 431 g/mol. The number of anilines is 1. The van der Waals surface area contributed by atoms with Crippen molar-refractivity contribution in [1.29, 1.82) is 5.41 Å². The number of hydrogen-bond acceptors (Lipinski definition) is 8. The lowest BCUT2D eigenvalue weighted by Gasteiger charge is -2.43. The average Bonchev–Trinajstić information content (AvgIpc) is 2.79. The molecule has 0 bridgehead atoms. The summed E-state index contributed by atoms with van der Waals surface area (Å²) in [7, 11) is 3.63. The quantitative estimate of drug-likeness (QED) is 0.371. The zero-order valence-electron chi connectivity index (χ0n) is 18.8. The van der Waals surface area contributed by atoms with E-state index in [4.69, 9.17) is 10.1 Å². The minimum Gasteiger partial charge on any atom is -0.490 e. The van der Waals surface area contributed by atoms with Crippen LogP contribution in [0.25, 0.3) is 5.57 Å². The Kier molecular flexibility index (Phi) is 7.86. The minimum atomic E-state index is -0.430. The van der Waals surface area contributed by atoms with Crippen LogP contribution in [0.3, 0.4) is 0 Å². The Hall–Kier alpha value is -2.65. The van der Waals surface area contributed by atoms with Gasteiger partial charge in [0.2, 0.25) is 0 Å². The molecule has 0 radical (unpaired) electrons. The van der Waals surface area contributed by atoms with Gasteiger partial charge in [-0.25, -0.2) is 0 Å². The molecule has 170 valence electrons. The Morgan fingerprint density at radius 3 is 2.48 bits per heavy atom. The Morgan fingerprint density at radius 1 is 1.26 bits per heavy atom. The van der Waals surface area contributed by atoms with Crippen LogP contribution in [0, 0.1) is 15.5 Å². The second-order valence-electron chi connectivity index (χ2n) is 8.16. The van der Waals surface area contributed by atoms with Crippen molar-refractivity contribution in [3.8, 4) is 5.75 Å². The van der Waals surface area contributed by atoms with Gasteiger partial charge < -0.3 is 25.3 Å². The highest BCUT2D eigenvalue weighted by Crippen LogP contribution is 2.39. The van der Waals surface area contributed by atoms with Gasteiger partial charge in [0.15, 0.2) is 5.75 Å². The highest BCUT2D eigenvalue weighted by atomic mass is 16.6. The number of piperidine rings is 1. The second kappa shape index (κ2) is 10.6. The summed E-state index contributed by atoms with van der Waals surface area (Å²) >= 11 is 0. The van der Waals surface area contributed by atoms with Crippen LogP contribution < -0.4 is 15.0 Å². The molecule has 0 spiro atoms. The Morgan fingerprint density at radius 2 is 1.94 bits per heavy atom. The van der Waals surface area contributed by atoms with Crippen molar-refractivity contribution in [2.45, 2.75) is 25.8 Å². The fourth-order valence-corrected chi connectivity index (χ4v) is 4.42. The third-order valence-corrected chi connectivity index (χ3v) is 6.28. The highest BCUT2D eigenvalue weighted by Gasteiger charge is 2.29. The molecule has 31 heavy (non-hydrogen) atoms. The van der Waals surface area contributed by atoms with Crippen molar-refractivity contribution in [2.24, 2.45) is 0 Å². The first-order valence-electron chi connectivity index (χ1n) is 11.0. The first-order chi connectivity index (χ1) is 15.0. The summed E-state index contributed by atoms with van der Waals surface area (Å²) in [5.41, 5.74) is 2.09. The molecule has 2 fully saturated rings. The van der Waals surface area contributed by atoms with Crippen molar-refractivity contribution in [3.05, 3.63) is 34.0 Å². The number of methoxy groups -OCH3 is 1. The highest BCUT2D eigenvalue weighted by molar-refractivity contribution is 6.11. The SMILES string of the molecule is CCN/C=C(\C=N)c1cc([N+](=O)[O-])c(OC)cc1N1CCC(N2CCN(C)CC2)CC1. The molecule has 2 heterocycles. The maximum Gasteiger partial charge on any atom is 0.311 e. The zero-order chi connectivity index (χ0) is 22.4. The van der Waals surface area contributed by atoms with Crippen LogP contribution in [0.4, 0.5) is 11.4 Å². The number of likely N-dealkylation sites (N-methyl/N-ethyl adjacent to an activating group) is 1. The van der Waals surface area contributed by atoms with Crippen LogP contribution in [0.15, 0.2) is 18.3 Å². The van der Waals surface area contributed by atoms with Crippen LogP contribution in [-0.4, -0.2) is 87.0 Å². The number of ether oxygens (including phenoxy) is 1. The predicted molar refractivity (Wildman–Crippen MR) is 124 cm³/mol. The molecule has 2 saturated heterocycles. The summed E-state index contributed by atoms with van der Waals surface area (Å²) < 4.78 is 5.34. The molecule has 0 unspecified atom stereocenters. The standard InChI is InChI=1S/C22H34N6O3/c1-4-24-16-17(15-23)19-13-21(28(29)30)22(31-3)14-20(19)27-7-5-18(6-8-27)26-11-9-25(2)10-12-26/h13-16,18,23-24H,4-12H2,1-3H3/b17-16+,23-15?. The summed E-state index contributed by atoms with van der Waals surface area (Å²) in [4.78, 5) is 18.4. The van der Waals surface area contributed by atoms with Gasteiger partial charge in [0.1, 0.15) is 0 Å². The first kappa shape index (κ1) is 23.0. The monoisotopic (exact) mass is 430 g/mol. The molecule has 2 aliphatic heterocycles. The second-order valence-corrected chi connectivity index (χ2v) is 8.16. The molecule has 0 saturated carbocycles. The van der Waals surface area contributed by atoms with Crippen LogP contribution in [-0.2, 0) is 0 Å². The number of benzene rings is 1. The van der Waals surface area contributed by atoms with Crippen LogP contribution in [0.2, 0.25) is 0 Å². The van der Waals surface area contributed by atoms with Crippen molar-refractivity contribution in [3.63, 3.8) is 0 Å². The fourth-order valence-electron chi connectivity index (χ4n) is 4.42. The van der Waals surface area contributed by atoms with Gasteiger partial charge in [-0.15, -0.1) is 0 Å². The molecule has 0 aromatic heterocycles. The normalized spacial score (nSPS) is 19.3. The third kappa shape index (κ3) is 5.34. The van der Waals surface area contributed by atoms with E-state index in [9.17, 15) is 10.1 Å². The van der Waals surface area contributed by atoms with Gasteiger partial charge >= 0.3 is 5.69 Å². The molecule has 9 nitrogen and oxygen atoms in total. The number of nitrogens with one attached hydrogen (secondary N) is 2. The molecule has 0 aliphatic carbocycles. The van der Waals surface area contributed by atoms with Gasteiger partial charge in [-0.05, 0) is 26.8 Å². The van der Waals surface area contributed by atoms with Crippen molar-refractivity contribution in [1.82, 2.24) is 15.1 Å². The third-order valence-electron chi connectivity index (χ3n) is 6.28. The van der Waals surface area contributed by atoms with Crippen LogP contribution in [0.5, 0.6) is 5.75 Å². The van der Waals surface area contributed by atoms with Gasteiger partial charge in [0, 0.05) is 93.2 Å². The lowest BCUT2D eigenvalue weighted by Crippen LogP contribution is -2.52. The number of nitrogens with zero attached hydrogens (tertiary/aromatic N) is 4. The Labute approximate surface area is 184 Å². The van der Waals surface area contributed by atoms with Gasteiger partial charge in [0.25, 0.3) is 0 Å². The van der Waals surface area contributed by atoms with E-state index >= 15 is 0 Å². The topological polar surface area (TPSA) is 98.0 Å². The lowest BCUT2D eigenvalue weighted by molar-refractivity contribution is -0.385. The molecule has 3 rings (SSSR count). The number of hydrogen-bond donors (Lipinski definition) is 2. The van der Waals surface area contributed by atoms with E-state index in [2.05, 4.69) is 27.1 Å². The van der Waals surface area contributed by atoms with E-state index in [0.29, 0.717) is 23.7 Å². The molecular formula is C22H34N6O3.